The molecule has 1 unspecified atom stereocenters. The molecule has 0 aromatic heterocycles. The van der Waals surface area contributed by atoms with Crippen LogP contribution < -0.4 is 0 Å². The molecule has 1 aliphatic heterocycles. The van der Waals surface area contributed by atoms with Gasteiger partial charge in [0.1, 0.15) is 0 Å². The first-order valence-electron chi connectivity index (χ1n) is 8.25. The van der Waals surface area contributed by atoms with Crippen LogP contribution in [0.3, 0.4) is 0 Å². The molecule has 1 aliphatic carbocycles. The Morgan fingerprint density at radius 1 is 1.20 bits per heavy atom. The van der Waals surface area contributed by atoms with Gasteiger partial charge in [-0.2, -0.15) is 0 Å². The van der Waals surface area contributed by atoms with Gasteiger partial charge in [0.05, 0.1) is 6.04 Å². The number of carbonyl (C=O) groups excluding carboxylic acids is 1. The second-order valence-electron chi connectivity index (χ2n) is 6.58. The molecule has 0 aromatic rings. The summed E-state index contributed by atoms with van der Waals surface area (Å²) in [4.78, 5) is 16.9. The molecule has 116 valence electrons. The van der Waals surface area contributed by atoms with Crippen LogP contribution in [0.4, 0.5) is 0 Å². The van der Waals surface area contributed by atoms with Gasteiger partial charge in [-0.1, -0.05) is 19.3 Å². The predicted octanol–water partition coefficient (Wildman–Crippen LogP) is 1.87. The van der Waals surface area contributed by atoms with Crippen LogP contribution in [0.1, 0.15) is 51.9 Å². The number of amides is 1. The van der Waals surface area contributed by atoms with Gasteiger partial charge in [-0.25, -0.2) is 0 Å². The van der Waals surface area contributed by atoms with Gasteiger partial charge < -0.3 is 10.0 Å². The van der Waals surface area contributed by atoms with E-state index in [0.29, 0.717) is 12.0 Å². The normalized spacial score (nSPS) is 24.6. The minimum atomic E-state index is -0.0124. The average molecular weight is 282 g/mol. The topological polar surface area (TPSA) is 43.8 Å². The van der Waals surface area contributed by atoms with E-state index in [1.54, 1.807) is 0 Å². The molecule has 2 aliphatic rings. The Morgan fingerprint density at radius 2 is 1.80 bits per heavy atom. The van der Waals surface area contributed by atoms with Crippen LogP contribution in [0.25, 0.3) is 0 Å². The molecule has 4 nitrogen and oxygen atoms in total. The lowest BCUT2D eigenvalue weighted by Crippen LogP contribution is -2.51. The molecule has 0 spiro atoms. The number of carbonyl (C=O) groups is 1. The molecule has 1 N–H and O–H groups in total. The number of aliphatic hydroxyl groups excluding tert-OH is 1. The van der Waals surface area contributed by atoms with Gasteiger partial charge in [0.15, 0.2) is 0 Å². The lowest BCUT2D eigenvalue weighted by atomic mass is 9.93. The highest BCUT2D eigenvalue weighted by Gasteiger charge is 2.30. The van der Waals surface area contributed by atoms with E-state index in [0.717, 1.165) is 25.9 Å². The molecule has 0 aromatic carbocycles. The summed E-state index contributed by atoms with van der Waals surface area (Å²) in [5.41, 5.74) is 0. The Kier molecular flexibility index (Phi) is 5.85. The van der Waals surface area contributed by atoms with Crippen LogP contribution >= 0.6 is 0 Å². The van der Waals surface area contributed by atoms with E-state index in [9.17, 15) is 9.90 Å². The number of hydrogen-bond acceptors (Lipinski definition) is 3. The smallest absolute Gasteiger partial charge is 0.239 e. The number of nitrogens with zero attached hydrogens (tertiary/aromatic N) is 2. The molecule has 1 heterocycles. The van der Waals surface area contributed by atoms with Crippen LogP contribution in [0.2, 0.25) is 0 Å². The summed E-state index contributed by atoms with van der Waals surface area (Å²) in [5.74, 6) is 0.712. The average Bonchev–Trinajstić information content (AvgIpc) is 2.53. The summed E-state index contributed by atoms with van der Waals surface area (Å²) in [6.07, 6.45) is 8.21. The minimum absolute atomic E-state index is 0.0124. The molecule has 0 radical (unpaired) electrons. The maximum absolute atomic E-state index is 12.6. The van der Waals surface area contributed by atoms with Crippen molar-refractivity contribution in [2.45, 2.75) is 64.0 Å². The standard InChI is InChI=1S/C16H30N2O2/c1-13(18-10-8-14(12-19)9-11-18)16(20)17(2)15-6-4-3-5-7-15/h13-15,19H,3-12H2,1-2H3. The Morgan fingerprint density at radius 3 is 2.35 bits per heavy atom. The molecule has 1 amide bonds. The van der Waals surface area contributed by atoms with E-state index in [2.05, 4.69) is 4.90 Å². The van der Waals surface area contributed by atoms with Gasteiger partial charge in [-0.15, -0.1) is 0 Å². The molecule has 4 heteroatoms. The first-order chi connectivity index (χ1) is 9.63. The van der Waals surface area contributed by atoms with Crippen molar-refractivity contribution in [3.05, 3.63) is 0 Å². The number of likely N-dealkylation sites (N-methyl/N-ethyl adjacent to an activating group) is 1. The van der Waals surface area contributed by atoms with Gasteiger partial charge in [0.25, 0.3) is 0 Å². The van der Waals surface area contributed by atoms with Crippen LogP contribution in [0.15, 0.2) is 0 Å². The van der Waals surface area contributed by atoms with Crippen molar-refractivity contribution < 1.29 is 9.90 Å². The summed E-state index contributed by atoms with van der Waals surface area (Å²) in [6.45, 7) is 4.21. The van der Waals surface area contributed by atoms with Crippen LogP contribution in [-0.4, -0.2) is 59.6 Å². The zero-order valence-electron chi connectivity index (χ0n) is 13.1. The molecule has 20 heavy (non-hydrogen) atoms. The van der Waals surface area contributed by atoms with Crippen molar-refractivity contribution in [2.75, 3.05) is 26.7 Å². The van der Waals surface area contributed by atoms with Crippen molar-refractivity contribution in [1.82, 2.24) is 9.80 Å². The lowest BCUT2D eigenvalue weighted by molar-refractivity contribution is -0.138. The molecule has 0 bridgehead atoms. The SMILES string of the molecule is CC(C(=O)N(C)C1CCCCC1)N1CCC(CO)CC1. The third-order valence-corrected chi connectivity index (χ3v) is 5.28. The summed E-state index contributed by atoms with van der Waals surface area (Å²) in [5, 5.41) is 9.19. The number of piperidine rings is 1. The number of likely N-dealkylation sites (tertiary alicyclic amines) is 1. The van der Waals surface area contributed by atoms with Crippen molar-refractivity contribution >= 4 is 5.91 Å². The van der Waals surface area contributed by atoms with Crippen LogP contribution in [-0.2, 0) is 4.79 Å². The fourth-order valence-corrected chi connectivity index (χ4v) is 3.62. The lowest BCUT2D eigenvalue weighted by Gasteiger charge is -2.39. The largest absolute Gasteiger partial charge is 0.396 e. The monoisotopic (exact) mass is 282 g/mol. The van der Waals surface area contributed by atoms with Crippen molar-refractivity contribution in [2.24, 2.45) is 5.92 Å². The van der Waals surface area contributed by atoms with Crippen molar-refractivity contribution in [3.8, 4) is 0 Å². The quantitative estimate of drug-likeness (QED) is 0.856. The highest BCUT2D eigenvalue weighted by Crippen LogP contribution is 2.24. The van der Waals surface area contributed by atoms with E-state index in [1.165, 1.54) is 32.1 Å². The molecular weight excluding hydrogens is 252 g/mol. The third-order valence-electron chi connectivity index (χ3n) is 5.28. The summed E-state index contributed by atoms with van der Waals surface area (Å²) in [7, 11) is 1.98. The van der Waals surface area contributed by atoms with Crippen LogP contribution in [0, 0.1) is 5.92 Å². The summed E-state index contributed by atoms with van der Waals surface area (Å²) < 4.78 is 0. The summed E-state index contributed by atoms with van der Waals surface area (Å²) >= 11 is 0. The van der Waals surface area contributed by atoms with E-state index in [4.69, 9.17) is 0 Å². The first-order valence-corrected chi connectivity index (χ1v) is 8.25. The highest BCUT2D eigenvalue weighted by molar-refractivity contribution is 5.81. The molecule has 2 fully saturated rings. The fourth-order valence-electron chi connectivity index (χ4n) is 3.62. The Balaban J connectivity index is 1.84. The second-order valence-corrected chi connectivity index (χ2v) is 6.58. The predicted molar refractivity (Wildman–Crippen MR) is 80.5 cm³/mol. The van der Waals surface area contributed by atoms with E-state index < -0.39 is 0 Å². The molecule has 1 atom stereocenters. The van der Waals surface area contributed by atoms with Gasteiger partial charge in [0.2, 0.25) is 5.91 Å². The fraction of sp³-hybridized carbons (Fsp3) is 0.938. The maximum Gasteiger partial charge on any atom is 0.239 e. The second kappa shape index (κ2) is 7.41. The van der Waals surface area contributed by atoms with E-state index in [1.807, 2.05) is 18.9 Å². The van der Waals surface area contributed by atoms with Crippen LogP contribution in [0.5, 0.6) is 0 Å². The number of rotatable bonds is 4. The molecule has 1 saturated carbocycles. The Hall–Kier alpha value is -0.610. The van der Waals surface area contributed by atoms with Gasteiger partial charge in [0, 0.05) is 19.7 Å². The van der Waals surface area contributed by atoms with Gasteiger partial charge >= 0.3 is 0 Å². The molecular formula is C16H30N2O2. The Bertz CT molecular complexity index is 308. The van der Waals surface area contributed by atoms with Crippen molar-refractivity contribution in [1.29, 1.82) is 0 Å². The zero-order chi connectivity index (χ0) is 14.5. The first kappa shape index (κ1) is 15.8. The zero-order valence-corrected chi connectivity index (χ0v) is 13.1. The van der Waals surface area contributed by atoms with E-state index >= 15 is 0 Å². The number of aliphatic hydroxyl groups is 1. The highest BCUT2D eigenvalue weighted by atomic mass is 16.3. The van der Waals surface area contributed by atoms with Crippen molar-refractivity contribution in [3.63, 3.8) is 0 Å². The number of hydrogen-bond donors (Lipinski definition) is 1. The molecule has 2 rings (SSSR count). The van der Waals surface area contributed by atoms with Gasteiger partial charge in [-0.05, 0) is 51.6 Å². The minimum Gasteiger partial charge on any atom is -0.396 e. The third kappa shape index (κ3) is 3.73. The Labute approximate surface area is 123 Å². The molecule has 1 saturated heterocycles. The maximum atomic E-state index is 12.6. The van der Waals surface area contributed by atoms with Gasteiger partial charge in [-0.3, -0.25) is 9.69 Å². The summed E-state index contributed by atoms with van der Waals surface area (Å²) in [6, 6.07) is 0.440. The van der Waals surface area contributed by atoms with E-state index in [-0.39, 0.29) is 18.6 Å².